The van der Waals surface area contributed by atoms with E-state index < -0.39 is 28.9 Å². The number of anilines is 1. The highest BCUT2D eigenvalue weighted by atomic mass is 32.2. The van der Waals surface area contributed by atoms with Crippen LogP contribution in [0.15, 0.2) is 48.5 Å². The summed E-state index contributed by atoms with van der Waals surface area (Å²) in [5.41, 5.74) is 6.68. The van der Waals surface area contributed by atoms with Gasteiger partial charge in [0.1, 0.15) is 17.4 Å². The first-order valence-corrected chi connectivity index (χ1v) is 14.9. The van der Waals surface area contributed by atoms with Gasteiger partial charge < -0.3 is 19.7 Å². The van der Waals surface area contributed by atoms with Gasteiger partial charge in [-0.05, 0) is 69.4 Å². The number of hydrogen-bond acceptors (Lipinski definition) is 7. The first-order valence-electron chi connectivity index (χ1n) is 13.9. The molecule has 222 valence electrons. The molecule has 0 aliphatic carbocycles. The van der Waals surface area contributed by atoms with E-state index in [2.05, 4.69) is 23.1 Å². The number of para-hydroxylation sites is 1. The molecule has 10 nitrogen and oxygen atoms in total. The van der Waals surface area contributed by atoms with E-state index in [-0.39, 0.29) is 18.1 Å². The van der Waals surface area contributed by atoms with Crippen LogP contribution >= 0.6 is 11.8 Å². The molecule has 11 heteroatoms. The number of hydrogen-bond donors (Lipinski definition) is 3. The van der Waals surface area contributed by atoms with Gasteiger partial charge in [0.05, 0.1) is 12.4 Å². The van der Waals surface area contributed by atoms with Crippen LogP contribution in [0.5, 0.6) is 5.75 Å². The van der Waals surface area contributed by atoms with Crippen molar-refractivity contribution in [3.8, 4) is 5.75 Å². The molecule has 0 saturated carbocycles. The Hall–Kier alpha value is -3.73. The predicted octanol–water partition coefficient (Wildman–Crippen LogP) is 4.75. The van der Waals surface area contributed by atoms with Crippen LogP contribution in [0.3, 0.4) is 0 Å². The molecule has 2 aromatic rings. The molecule has 0 unspecified atom stereocenters. The Kier molecular flexibility index (Phi) is 11.9. The van der Waals surface area contributed by atoms with Crippen LogP contribution < -0.4 is 25.8 Å². The van der Waals surface area contributed by atoms with Crippen LogP contribution in [0.2, 0.25) is 0 Å². The summed E-state index contributed by atoms with van der Waals surface area (Å²) in [4.78, 5) is 52.4. The minimum atomic E-state index is -1.03. The molecule has 3 N–H and O–H groups in total. The third-order valence-corrected chi connectivity index (χ3v) is 6.92. The van der Waals surface area contributed by atoms with Crippen molar-refractivity contribution in [1.82, 2.24) is 16.2 Å². The monoisotopic (exact) mass is 584 g/mol. The molecular weight excluding hydrogens is 544 g/mol. The van der Waals surface area contributed by atoms with Gasteiger partial charge in [-0.3, -0.25) is 25.2 Å². The van der Waals surface area contributed by atoms with E-state index in [0.717, 1.165) is 60.0 Å². The molecule has 0 fully saturated rings. The summed E-state index contributed by atoms with van der Waals surface area (Å²) >= 11 is 0.760. The fourth-order valence-electron chi connectivity index (χ4n) is 4.18. The van der Waals surface area contributed by atoms with Crippen LogP contribution in [0.1, 0.15) is 58.1 Å². The summed E-state index contributed by atoms with van der Waals surface area (Å²) < 4.78 is 11.0. The fourth-order valence-corrected chi connectivity index (χ4v) is 4.72. The molecule has 0 aromatic heterocycles. The Labute approximate surface area is 245 Å². The summed E-state index contributed by atoms with van der Waals surface area (Å²) in [6.07, 6.45) is 3.14. The number of unbranched alkanes of at least 4 members (excludes halogenated alkanes) is 1. The molecule has 1 heterocycles. The van der Waals surface area contributed by atoms with Gasteiger partial charge in [0.2, 0.25) is 5.91 Å². The van der Waals surface area contributed by atoms with Crippen molar-refractivity contribution in [2.45, 2.75) is 71.4 Å². The number of nitrogens with one attached hydrogen (secondary N) is 3. The Morgan fingerprint density at radius 3 is 2.46 bits per heavy atom. The average Bonchev–Trinajstić information content (AvgIpc) is 2.94. The van der Waals surface area contributed by atoms with Crippen molar-refractivity contribution in [3.05, 3.63) is 59.7 Å². The van der Waals surface area contributed by atoms with E-state index in [0.29, 0.717) is 13.2 Å². The van der Waals surface area contributed by atoms with Crippen LogP contribution in [0.4, 0.5) is 15.3 Å². The zero-order valence-corrected chi connectivity index (χ0v) is 25.0. The van der Waals surface area contributed by atoms with Crippen molar-refractivity contribution in [2.24, 2.45) is 0 Å². The maximum Gasteiger partial charge on any atom is 0.408 e. The van der Waals surface area contributed by atoms with Crippen LogP contribution in [0.25, 0.3) is 0 Å². The number of benzene rings is 2. The zero-order valence-electron chi connectivity index (χ0n) is 24.2. The van der Waals surface area contributed by atoms with Crippen molar-refractivity contribution in [2.75, 3.05) is 23.8 Å². The third kappa shape index (κ3) is 10.6. The number of amides is 4. The van der Waals surface area contributed by atoms with Crippen molar-refractivity contribution in [3.63, 3.8) is 0 Å². The summed E-state index contributed by atoms with van der Waals surface area (Å²) in [6.45, 7) is 8.47. The second-order valence-electron chi connectivity index (χ2n) is 10.7. The highest BCUT2D eigenvalue weighted by Gasteiger charge is 2.26. The van der Waals surface area contributed by atoms with E-state index in [1.807, 2.05) is 48.5 Å². The Balaban J connectivity index is 1.55. The number of aryl methyl sites for hydroxylation is 1. The van der Waals surface area contributed by atoms with Gasteiger partial charge in [-0.25, -0.2) is 4.79 Å². The van der Waals surface area contributed by atoms with Gasteiger partial charge in [0.25, 0.3) is 11.1 Å². The molecular formula is C30H40N4O6S. The average molecular weight is 585 g/mol. The molecule has 0 radical (unpaired) electrons. The lowest BCUT2D eigenvalue weighted by molar-refractivity contribution is -0.123. The van der Waals surface area contributed by atoms with E-state index in [4.69, 9.17) is 9.47 Å². The number of rotatable bonds is 10. The lowest BCUT2D eigenvalue weighted by atomic mass is 10.0. The zero-order chi connectivity index (χ0) is 29.8. The minimum Gasteiger partial charge on any atom is -0.494 e. The normalized spacial score (nSPS) is 13.4. The lowest BCUT2D eigenvalue weighted by Crippen LogP contribution is -2.53. The summed E-state index contributed by atoms with van der Waals surface area (Å²) in [5, 5.41) is 1.99. The second-order valence-corrected chi connectivity index (χ2v) is 11.7. The number of ether oxygens (including phenoxy) is 2. The SMILES string of the molecule is CCCCOc1ccc(C[C@H](NC(=O)OC(C)(C)C)C(=O)NNC(=O)SCC(=O)N2CCCc3ccccc32)cc1. The van der Waals surface area contributed by atoms with Crippen molar-refractivity contribution >= 4 is 40.6 Å². The first kappa shape index (κ1) is 31.8. The number of nitrogens with zero attached hydrogens (tertiary/aromatic N) is 1. The Morgan fingerprint density at radius 2 is 1.76 bits per heavy atom. The molecule has 1 atom stereocenters. The van der Waals surface area contributed by atoms with E-state index >= 15 is 0 Å². The molecule has 0 spiro atoms. The van der Waals surface area contributed by atoms with Gasteiger partial charge in [-0.15, -0.1) is 0 Å². The van der Waals surface area contributed by atoms with Crippen LogP contribution in [0, 0.1) is 0 Å². The molecule has 1 aliphatic rings. The van der Waals surface area contributed by atoms with Gasteiger partial charge in [-0.2, -0.15) is 0 Å². The largest absolute Gasteiger partial charge is 0.494 e. The molecule has 3 rings (SSSR count). The molecule has 1 aliphatic heterocycles. The van der Waals surface area contributed by atoms with Crippen molar-refractivity contribution < 1.29 is 28.7 Å². The van der Waals surface area contributed by atoms with Crippen LogP contribution in [-0.2, 0) is 27.2 Å². The summed E-state index contributed by atoms with van der Waals surface area (Å²) in [5.74, 6) is -0.183. The third-order valence-electron chi connectivity index (χ3n) is 6.16. The summed E-state index contributed by atoms with van der Waals surface area (Å²) in [6, 6.07) is 14.0. The number of thioether (sulfide) groups is 1. The number of carbonyl (C=O) groups is 4. The maximum absolute atomic E-state index is 13.0. The smallest absolute Gasteiger partial charge is 0.408 e. The molecule has 4 amide bonds. The van der Waals surface area contributed by atoms with E-state index in [9.17, 15) is 19.2 Å². The van der Waals surface area contributed by atoms with Gasteiger partial charge in [0, 0.05) is 18.7 Å². The minimum absolute atomic E-state index is 0.0811. The number of fused-ring (bicyclic) bond motifs is 1. The molecule has 2 aromatic carbocycles. The van der Waals surface area contributed by atoms with Crippen molar-refractivity contribution in [1.29, 1.82) is 0 Å². The second kappa shape index (κ2) is 15.3. The number of alkyl carbamates (subject to hydrolysis) is 1. The van der Waals surface area contributed by atoms with E-state index in [1.54, 1.807) is 25.7 Å². The highest BCUT2D eigenvalue weighted by Crippen LogP contribution is 2.27. The molecule has 0 saturated heterocycles. The van der Waals surface area contributed by atoms with Gasteiger partial charge in [-0.1, -0.05) is 55.4 Å². The number of carbonyl (C=O) groups excluding carboxylic acids is 4. The topological polar surface area (TPSA) is 126 Å². The quantitative estimate of drug-likeness (QED) is 0.272. The Morgan fingerprint density at radius 1 is 1.02 bits per heavy atom. The first-order chi connectivity index (χ1) is 19.6. The summed E-state index contributed by atoms with van der Waals surface area (Å²) in [7, 11) is 0. The maximum atomic E-state index is 13.0. The predicted molar refractivity (Wildman–Crippen MR) is 160 cm³/mol. The lowest BCUT2D eigenvalue weighted by Gasteiger charge is -2.29. The molecule has 0 bridgehead atoms. The fraction of sp³-hybridized carbons (Fsp3) is 0.467. The Bertz CT molecular complexity index is 1200. The van der Waals surface area contributed by atoms with Crippen LogP contribution in [-0.4, -0.2) is 53.7 Å². The highest BCUT2D eigenvalue weighted by molar-refractivity contribution is 8.14. The molecule has 41 heavy (non-hydrogen) atoms. The van der Waals surface area contributed by atoms with E-state index in [1.165, 1.54) is 0 Å². The standard InChI is InChI=1S/C30H40N4O6S/c1-5-6-18-39-23-15-13-21(14-16-23)19-24(31-28(37)40-30(2,3)4)27(36)32-33-29(38)41-20-26(35)34-17-9-11-22-10-7-8-12-25(22)34/h7-8,10,12-16,24H,5-6,9,11,17-20H2,1-4H3,(H,31,37)(H,32,36)(H,33,38)/t24-/m0/s1. The number of hydrazine groups is 1. The van der Waals surface area contributed by atoms with Gasteiger partial charge in [0.15, 0.2) is 0 Å². The van der Waals surface area contributed by atoms with Gasteiger partial charge >= 0.3 is 6.09 Å².